The molecule has 0 fully saturated rings. The van der Waals surface area contributed by atoms with Gasteiger partial charge in [0.15, 0.2) is 0 Å². The Labute approximate surface area is 99.8 Å². The molecule has 94 valence electrons. The monoisotopic (exact) mass is 239 g/mol. The second kappa shape index (κ2) is 7.49. The zero-order chi connectivity index (χ0) is 12.5. The molecule has 0 bridgehead atoms. The third-order valence-electron chi connectivity index (χ3n) is 2.30. The van der Waals surface area contributed by atoms with Crippen LogP contribution in [0, 0.1) is 0 Å². The van der Waals surface area contributed by atoms with Crippen molar-refractivity contribution >= 4 is 11.9 Å². The molecule has 2 N–H and O–H groups in total. The minimum absolute atomic E-state index is 0.0711. The Morgan fingerprint density at radius 1 is 1.29 bits per heavy atom. The lowest BCUT2D eigenvalue weighted by Gasteiger charge is -2.03. The van der Waals surface area contributed by atoms with Crippen molar-refractivity contribution in [1.82, 2.24) is 5.32 Å². The second-order valence-corrected chi connectivity index (χ2v) is 3.81. The molecule has 5 heteroatoms. The molecule has 1 aromatic heterocycles. The number of rotatable bonds is 8. The third-order valence-corrected chi connectivity index (χ3v) is 2.30. The molecule has 0 spiro atoms. The molecule has 0 aliphatic rings. The minimum Gasteiger partial charge on any atom is -0.481 e. The summed E-state index contributed by atoms with van der Waals surface area (Å²) in [7, 11) is 0. The molecule has 0 unspecified atom stereocenters. The maximum atomic E-state index is 11.4. The number of aliphatic carboxylic acids is 1. The molecule has 1 rings (SSSR count). The number of carboxylic acid groups (broad SMARTS) is 1. The number of hydrogen-bond acceptors (Lipinski definition) is 3. The van der Waals surface area contributed by atoms with Crippen LogP contribution < -0.4 is 5.32 Å². The fourth-order valence-electron chi connectivity index (χ4n) is 1.44. The van der Waals surface area contributed by atoms with E-state index in [1.165, 1.54) is 6.26 Å². The van der Waals surface area contributed by atoms with Crippen LogP contribution in [0.4, 0.5) is 0 Å². The van der Waals surface area contributed by atoms with E-state index in [2.05, 4.69) is 5.32 Å². The first kappa shape index (κ1) is 13.3. The molecule has 0 atom stereocenters. The van der Waals surface area contributed by atoms with Crippen molar-refractivity contribution in [2.45, 2.75) is 32.1 Å². The maximum Gasteiger partial charge on any atom is 0.303 e. The van der Waals surface area contributed by atoms with Crippen molar-refractivity contribution in [2.24, 2.45) is 0 Å². The van der Waals surface area contributed by atoms with E-state index in [9.17, 15) is 9.59 Å². The summed E-state index contributed by atoms with van der Waals surface area (Å²) in [6, 6.07) is 3.50. The van der Waals surface area contributed by atoms with Gasteiger partial charge in [-0.05, 0) is 25.0 Å². The largest absolute Gasteiger partial charge is 0.481 e. The zero-order valence-corrected chi connectivity index (χ0v) is 9.65. The van der Waals surface area contributed by atoms with Gasteiger partial charge in [0.25, 0.3) is 0 Å². The highest BCUT2D eigenvalue weighted by atomic mass is 16.4. The zero-order valence-electron chi connectivity index (χ0n) is 9.65. The molecular formula is C12H17NO4. The molecule has 1 amide bonds. The van der Waals surface area contributed by atoms with Gasteiger partial charge < -0.3 is 14.8 Å². The molecule has 5 nitrogen and oxygen atoms in total. The average molecular weight is 239 g/mol. The van der Waals surface area contributed by atoms with Gasteiger partial charge >= 0.3 is 5.97 Å². The number of carbonyl (C=O) groups is 2. The Balaban J connectivity index is 1.99. The average Bonchev–Trinajstić information content (AvgIpc) is 2.75. The van der Waals surface area contributed by atoms with E-state index >= 15 is 0 Å². The fourth-order valence-corrected chi connectivity index (χ4v) is 1.44. The van der Waals surface area contributed by atoms with E-state index in [-0.39, 0.29) is 18.7 Å². The van der Waals surface area contributed by atoms with Crippen molar-refractivity contribution in [3.63, 3.8) is 0 Å². The molecule has 0 aromatic carbocycles. The SMILES string of the molecule is O=C(O)CCCCCNC(=O)Cc1ccco1. The number of carbonyl (C=O) groups excluding carboxylic acids is 1. The summed E-state index contributed by atoms with van der Waals surface area (Å²) < 4.78 is 5.05. The lowest BCUT2D eigenvalue weighted by Crippen LogP contribution is -2.25. The standard InChI is InChI=1S/C12H17NO4/c14-11(9-10-5-4-8-17-10)13-7-3-1-2-6-12(15)16/h4-5,8H,1-3,6-7,9H2,(H,13,14)(H,15,16). The van der Waals surface area contributed by atoms with E-state index in [0.29, 0.717) is 18.7 Å². The summed E-state index contributed by atoms with van der Waals surface area (Å²) in [6.45, 7) is 0.583. The number of amides is 1. The van der Waals surface area contributed by atoms with Crippen LogP contribution >= 0.6 is 0 Å². The van der Waals surface area contributed by atoms with Gasteiger partial charge in [0.05, 0.1) is 12.7 Å². The summed E-state index contributed by atoms with van der Waals surface area (Å²) in [5.41, 5.74) is 0. The molecular weight excluding hydrogens is 222 g/mol. The number of carboxylic acids is 1. The topological polar surface area (TPSA) is 79.5 Å². The second-order valence-electron chi connectivity index (χ2n) is 3.81. The van der Waals surface area contributed by atoms with Gasteiger partial charge in [0, 0.05) is 13.0 Å². The molecule has 1 aromatic rings. The van der Waals surface area contributed by atoms with Crippen LogP contribution in [0.25, 0.3) is 0 Å². The van der Waals surface area contributed by atoms with Crippen molar-refractivity contribution in [2.75, 3.05) is 6.54 Å². The highest BCUT2D eigenvalue weighted by molar-refractivity contribution is 5.77. The van der Waals surface area contributed by atoms with Crippen LogP contribution in [-0.4, -0.2) is 23.5 Å². The Bertz CT molecular complexity index is 345. The lowest BCUT2D eigenvalue weighted by molar-refractivity contribution is -0.137. The van der Waals surface area contributed by atoms with E-state index in [4.69, 9.17) is 9.52 Å². The quantitative estimate of drug-likeness (QED) is 0.675. The van der Waals surface area contributed by atoms with E-state index in [1.54, 1.807) is 12.1 Å². The molecule has 0 aliphatic carbocycles. The molecule has 1 heterocycles. The van der Waals surface area contributed by atoms with Crippen molar-refractivity contribution in [3.05, 3.63) is 24.2 Å². The summed E-state index contributed by atoms with van der Waals surface area (Å²) in [4.78, 5) is 21.6. The summed E-state index contributed by atoms with van der Waals surface area (Å²) in [5, 5.41) is 11.2. The van der Waals surface area contributed by atoms with E-state index in [0.717, 1.165) is 12.8 Å². The minimum atomic E-state index is -0.771. The van der Waals surface area contributed by atoms with Crippen LogP contribution in [0.1, 0.15) is 31.4 Å². The summed E-state index contributed by atoms with van der Waals surface area (Å²) >= 11 is 0. The number of unbranched alkanes of at least 4 members (excludes halogenated alkanes) is 2. The number of nitrogens with one attached hydrogen (secondary N) is 1. The Hall–Kier alpha value is -1.78. The Kier molecular flexibility index (Phi) is 5.85. The van der Waals surface area contributed by atoms with Gasteiger partial charge in [-0.2, -0.15) is 0 Å². The van der Waals surface area contributed by atoms with Gasteiger partial charge in [-0.3, -0.25) is 9.59 Å². The highest BCUT2D eigenvalue weighted by Crippen LogP contribution is 2.01. The van der Waals surface area contributed by atoms with Crippen molar-refractivity contribution < 1.29 is 19.1 Å². The van der Waals surface area contributed by atoms with Gasteiger partial charge in [0.1, 0.15) is 5.76 Å². The van der Waals surface area contributed by atoms with Crippen LogP contribution in [-0.2, 0) is 16.0 Å². The third kappa shape index (κ3) is 6.40. The summed E-state index contributed by atoms with van der Waals surface area (Å²) in [5.74, 6) is -0.196. The van der Waals surface area contributed by atoms with Crippen LogP contribution in [0.3, 0.4) is 0 Å². The Morgan fingerprint density at radius 3 is 2.76 bits per heavy atom. The predicted octanol–water partition coefficient (Wildman–Crippen LogP) is 1.58. The van der Waals surface area contributed by atoms with Gasteiger partial charge in [0.2, 0.25) is 5.91 Å². The smallest absolute Gasteiger partial charge is 0.303 e. The van der Waals surface area contributed by atoms with Gasteiger partial charge in [-0.15, -0.1) is 0 Å². The van der Waals surface area contributed by atoms with Gasteiger partial charge in [-0.1, -0.05) is 6.42 Å². The number of hydrogen-bond donors (Lipinski definition) is 2. The maximum absolute atomic E-state index is 11.4. The molecule has 0 aliphatic heterocycles. The fraction of sp³-hybridized carbons (Fsp3) is 0.500. The van der Waals surface area contributed by atoms with Crippen molar-refractivity contribution in [3.8, 4) is 0 Å². The van der Waals surface area contributed by atoms with E-state index in [1.807, 2.05) is 0 Å². The Morgan fingerprint density at radius 2 is 2.12 bits per heavy atom. The van der Waals surface area contributed by atoms with E-state index < -0.39 is 5.97 Å². The molecule has 0 saturated heterocycles. The first-order chi connectivity index (χ1) is 8.18. The first-order valence-electron chi connectivity index (χ1n) is 5.69. The predicted molar refractivity (Wildman–Crippen MR) is 61.5 cm³/mol. The van der Waals surface area contributed by atoms with Crippen molar-refractivity contribution in [1.29, 1.82) is 0 Å². The lowest BCUT2D eigenvalue weighted by atomic mass is 10.2. The molecule has 17 heavy (non-hydrogen) atoms. The van der Waals surface area contributed by atoms with Crippen LogP contribution in [0.15, 0.2) is 22.8 Å². The van der Waals surface area contributed by atoms with Gasteiger partial charge in [-0.25, -0.2) is 0 Å². The molecule has 0 radical (unpaired) electrons. The van der Waals surface area contributed by atoms with Crippen LogP contribution in [0.2, 0.25) is 0 Å². The first-order valence-corrected chi connectivity index (χ1v) is 5.69. The normalized spacial score (nSPS) is 10.1. The summed E-state index contributed by atoms with van der Waals surface area (Å²) in [6.07, 6.45) is 4.25. The molecule has 0 saturated carbocycles. The number of furan rings is 1. The highest BCUT2D eigenvalue weighted by Gasteiger charge is 2.04. The van der Waals surface area contributed by atoms with Crippen LogP contribution in [0.5, 0.6) is 0 Å².